The first-order valence-electron chi connectivity index (χ1n) is 7.04. The van der Waals surface area contributed by atoms with Crippen LogP contribution >= 0.6 is 11.8 Å². The number of primary amides is 1. The minimum Gasteiger partial charge on any atom is -0.439 e. The fourth-order valence-corrected chi connectivity index (χ4v) is 2.52. The molecule has 0 bridgehead atoms. The number of alkyl halides is 3. The molecule has 0 atom stereocenters. The number of nitrogens with zero attached hydrogens (tertiary/aromatic N) is 3. The van der Waals surface area contributed by atoms with Crippen molar-refractivity contribution >= 4 is 28.5 Å². The molecule has 2 rings (SSSR count). The monoisotopic (exact) mass is 400 g/mol. The Balaban J connectivity index is 2.40. The highest BCUT2D eigenvalue weighted by atomic mass is 32.2. The van der Waals surface area contributed by atoms with E-state index >= 15 is 0 Å². The second-order valence-electron chi connectivity index (χ2n) is 4.88. The molecule has 0 unspecified atom stereocenters. The Labute approximate surface area is 154 Å². The van der Waals surface area contributed by atoms with Gasteiger partial charge in [0.1, 0.15) is 10.8 Å². The standard InChI is InChI=1S/C15H11F3N4O4S/c1-27-13(21-14(19)23)10-6-9(3-4-11(10)22(24)25)26-12-5-2-8(7-20-12)15(16,17)18/h2-7H,1H3,(H2,19,23). The lowest BCUT2D eigenvalue weighted by Gasteiger charge is -2.10. The fraction of sp³-hybridized carbons (Fsp3) is 0.133. The van der Waals surface area contributed by atoms with Gasteiger partial charge in [0.05, 0.1) is 16.1 Å². The molecule has 0 aliphatic rings. The molecule has 27 heavy (non-hydrogen) atoms. The van der Waals surface area contributed by atoms with E-state index in [1.807, 2.05) is 0 Å². The van der Waals surface area contributed by atoms with Crippen molar-refractivity contribution in [2.24, 2.45) is 10.7 Å². The number of hydrogen-bond acceptors (Lipinski definition) is 6. The number of urea groups is 1. The van der Waals surface area contributed by atoms with Gasteiger partial charge in [-0.3, -0.25) is 10.1 Å². The topological polar surface area (TPSA) is 121 Å². The van der Waals surface area contributed by atoms with E-state index < -0.39 is 22.7 Å². The van der Waals surface area contributed by atoms with Crippen LogP contribution in [0.4, 0.5) is 23.7 Å². The molecule has 0 fully saturated rings. The van der Waals surface area contributed by atoms with Gasteiger partial charge in [-0.2, -0.15) is 18.2 Å². The Bertz CT molecular complexity index is 901. The molecule has 0 saturated carbocycles. The lowest BCUT2D eigenvalue weighted by atomic mass is 10.2. The molecule has 0 aliphatic carbocycles. The number of benzene rings is 1. The van der Waals surface area contributed by atoms with Crippen LogP contribution in [0.1, 0.15) is 11.1 Å². The van der Waals surface area contributed by atoms with Gasteiger partial charge in [-0.25, -0.2) is 9.78 Å². The number of aliphatic imine (C=N–C) groups is 1. The summed E-state index contributed by atoms with van der Waals surface area (Å²) in [5.74, 6) is -0.102. The molecule has 12 heteroatoms. The van der Waals surface area contributed by atoms with Gasteiger partial charge in [-0.1, -0.05) is 0 Å². The third-order valence-corrected chi connectivity index (χ3v) is 3.78. The normalized spacial score (nSPS) is 11.9. The second kappa shape index (κ2) is 8.03. The number of aromatic nitrogens is 1. The molecular weight excluding hydrogens is 389 g/mol. The Morgan fingerprint density at radius 1 is 1.33 bits per heavy atom. The first kappa shape index (κ1) is 20.2. The van der Waals surface area contributed by atoms with E-state index in [-0.39, 0.29) is 27.9 Å². The fourth-order valence-electron chi connectivity index (χ4n) is 1.95. The maximum atomic E-state index is 12.6. The number of ether oxygens (including phenoxy) is 1. The lowest BCUT2D eigenvalue weighted by molar-refractivity contribution is -0.385. The predicted octanol–water partition coefficient (Wildman–Crippen LogP) is 3.99. The highest BCUT2D eigenvalue weighted by Gasteiger charge is 2.30. The third-order valence-electron chi connectivity index (χ3n) is 3.09. The molecule has 0 aliphatic heterocycles. The molecule has 2 amide bonds. The summed E-state index contributed by atoms with van der Waals surface area (Å²) in [5.41, 5.74) is 3.67. The van der Waals surface area contributed by atoms with Gasteiger partial charge in [0.15, 0.2) is 0 Å². The maximum Gasteiger partial charge on any atom is 0.417 e. The number of carbonyl (C=O) groups excluding carboxylic acids is 1. The molecule has 1 heterocycles. The van der Waals surface area contributed by atoms with Gasteiger partial charge in [0.25, 0.3) is 5.69 Å². The molecule has 1 aromatic heterocycles. The molecule has 8 nitrogen and oxygen atoms in total. The summed E-state index contributed by atoms with van der Waals surface area (Å²) in [6, 6.07) is 4.33. The Morgan fingerprint density at radius 2 is 2.04 bits per heavy atom. The molecule has 1 aromatic carbocycles. The Kier molecular flexibility index (Phi) is 6.00. The summed E-state index contributed by atoms with van der Waals surface area (Å²) in [4.78, 5) is 28.6. The van der Waals surface area contributed by atoms with Crippen molar-refractivity contribution in [3.05, 3.63) is 57.8 Å². The lowest BCUT2D eigenvalue weighted by Crippen LogP contribution is -2.10. The van der Waals surface area contributed by atoms with Crippen LogP contribution in [0.15, 0.2) is 41.5 Å². The second-order valence-corrected chi connectivity index (χ2v) is 5.68. The Morgan fingerprint density at radius 3 is 2.52 bits per heavy atom. The van der Waals surface area contributed by atoms with Crippen LogP contribution in [0.5, 0.6) is 11.6 Å². The number of carbonyl (C=O) groups is 1. The number of halogens is 3. The van der Waals surface area contributed by atoms with Gasteiger partial charge in [-0.05, 0) is 24.5 Å². The molecule has 0 radical (unpaired) electrons. The molecule has 2 N–H and O–H groups in total. The summed E-state index contributed by atoms with van der Waals surface area (Å²) in [6.45, 7) is 0. The predicted molar refractivity (Wildman–Crippen MR) is 92.0 cm³/mol. The van der Waals surface area contributed by atoms with Crippen molar-refractivity contribution in [2.75, 3.05) is 6.26 Å². The minimum absolute atomic E-state index is 0.0139. The molecule has 0 saturated heterocycles. The highest BCUT2D eigenvalue weighted by molar-refractivity contribution is 8.13. The van der Waals surface area contributed by atoms with Crippen LogP contribution in [0.25, 0.3) is 0 Å². The number of nitro groups is 1. The van der Waals surface area contributed by atoms with Crippen LogP contribution < -0.4 is 10.5 Å². The quantitative estimate of drug-likeness (QED) is 0.359. The van der Waals surface area contributed by atoms with Crippen molar-refractivity contribution in [1.29, 1.82) is 0 Å². The number of thioether (sulfide) groups is 1. The number of hydrogen-bond donors (Lipinski definition) is 1. The number of rotatable bonds is 4. The van der Waals surface area contributed by atoms with E-state index in [9.17, 15) is 28.1 Å². The van der Waals surface area contributed by atoms with Gasteiger partial charge < -0.3 is 10.5 Å². The van der Waals surface area contributed by atoms with Crippen LogP contribution in [0.2, 0.25) is 0 Å². The molecule has 0 spiro atoms. The summed E-state index contributed by atoms with van der Waals surface area (Å²) in [5, 5.41) is 11.2. The van der Waals surface area contributed by atoms with Crippen LogP contribution in [0, 0.1) is 10.1 Å². The summed E-state index contributed by atoms with van der Waals surface area (Å²) in [6.07, 6.45) is -2.40. The van der Waals surface area contributed by atoms with E-state index in [1.54, 1.807) is 0 Å². The van der Waals surface area contributed by atoms with Crippen molar-refractivity contribution < 1.29 is 27.6 Å². The maximum absolute atomic E-state index is 12.6. The van der Waals surface area contributed by atoms with Crippen LogP contribution in [0.3, 0.4) is 0 Å². The van der Waals surface area contributed by atoms with E-state index in [2.05, 4.69) is 9.98 Å². The average molecular weight is 400 g/mol. The molecule has 2 aromatic rings. The zero-order valence-corrected chi connectivity index (χ0v) is 14.4. The first-order chi connectivity index (χ1) is 12.6. The van der Waals surface area contributed by atoms with Crippen molar-refractivity contribution in [1.82, 2.24) is 4.98 Å². The van der Waals surface area contributed by atoms with Crippen LogP contribution in [-0.2, 0) is 6.18 Å². The van der Waals surface area contributed by atoms with Gasteiger partial charge in [-0.15, -0.1) is 11.8 Å². The third kappa shape index (κ3) is 5.17. The van der Waals surface area contributed by atoms with Crippen molar-refractivity contribution in [3.63, 3.8) is 0 Å². The van der Waals surface area contributed by atoms with Crippen molar-refractivity contribution in [2.45, 2.75) is 6.18 Å². The highest BCUT2D eigenvalue weighted by Crippen LogP contribution is 2.32. The SMILES string of the molecule is CSC(=NC(N)=O)c1cc(Oc2ccc(C(F)(F)F)cn2)ccc1[N+](=O)[O-]. The van der Waals surface area contributed by atoms with E-state index in [4.69, 9.17) is 10.5 Å². The number of nitro benzene ring substituents is 1. The summed E-state index contributed by atoms with van der Waals surface area (Å²) in [7, 11) is 0. The minimum atomic E-state index is -4.54. The smallest absolute Gasteiger partial charge is 0.417 e. The largest absolute Gasteiger partial charge is 0.439 e. The van der Waals surface area contributed by atoms with Gasteiger partial charge >= 0.3 is 12.2 Å². The summed E-state index contributed by atoms with van der Waals surface area (Å²) >= 11 is 0.951. The van der Waals surface area contributed by atoms with Crippen LogP contribution in [-0.4, -0.2) is 27.2 Å². The molecule has 142 valence electrons. The Hall–Kier alpha value is -3.15. The van der Waals surface area contributed by atoms with E-state index in [1.165, 1.54) is 18.4 Å². The molecular formula is C15H11F3N4O4S. The first-order valence-corrected chi connectivity index (χ1v) is 8.26. The number of nitrogens with two attached hydrogens (primary N) is 1. The van der Waals surface area contributed by atoms with Crippen molar-refractivity contribution in [3.8, 4) is 11.6 Å². The van der Waals surface area contributed by atoms with E-state index in [0.717, 1.165) is 30.0 Å². The van der Waals surface area contributed by atoms with Gasteiger partial charge in [0.2, 0.25) is 5.88 Å². The number of amides is 2. The zero-order valence-electron chi connectivity index (χ0n) is 13.6. The van der Waals surface area contributed by atoms with E-state index in [0.29, 0.717) is 6.20 Å². The summed E-state index contributed by atoms with van der Waals surface area (Å²) < 4.78 is 43.0. The zero-order chi connectivity index (χ0) is 20.2. The average Bonchev–Trinajstić information content (AvgIpc) is 2.59. The number of pyridine rings is 1. The van der Waals surface area contributed by atoms with Gasteiger partial charge in [0, 0.05) is 18.3 Å².